The van der Waals surface area contributed by atoms with Gasteiger partial charge < -0.3 is 18.6 Å². The SMILES string of the molecule is COC1CC[C@@H]2[C@@]3(C)C(CC4C(=O)OC(c5ccoc5)C[C@]42C)OC(=O)C13. The fraction of sp³-hybridized carbons (Fsp3) is 0.714. The van der Waals surface area contributed by atoms with Crippen molar-refractivity contribution in [3.05, 3.63) is 24.2 Å². The fourth-order valence-electron chi connectivity index (χ4n) is 6.88. The molecule has 0 bridgehead atoms. The van der Waals surface area contributed by atoms with Gasteiger partial charge in [0.05, 0.1) is 30.5 Å². The minimum Gasteiger partial charge on any atom is -0.472 e. The zero-order chi connectivity index (χ0) is 19.0. The number of hydrogen-bond acceptors (Lipinski definition) is 6. The number of carbonyl (C=O) groups excluding carboxylic acids is 2. The van der Waals surface area contributed by atoms with Crippen LogP contribution in [0.15, 0.2) is 23.0 Å². The minimum absolute atomic E-state index is 0.107. The van der Waals surface area contributed by atoms with E-state index in [1.165, 1.54) is 0 Å². The molecule has 2 aliphatic carbocycles. The highest BCUT2D eigenvalue weighted by atomic mass is 16.6. The van der Waals surface area contributed by atoms with Crippen LogP contribution in [-0.4, -0.2) is 31.3 Å². The first-order valence-corrected chi connectivity index (χ1v) is 9.85. The third kappa shape index (κ3) is 2.10. The topological polar surface area (TPSA) is 75.0 Å². The lowest BCUT2D eigenvalue weighted by molar-refractivity contribution is -0.214. The number of rotatable bonds is 2. The summed E-state index contributed by atoms with van der Waals surface area (Å²) in [7, 11) is 1.68. The summed E-state index contributed by atoms with van der Waals surface area (Å²) in [5.74, 6) is -0.631. The molecule has 5 unspecified atom stereocenters. The third-order valence-electron chi connectivity index (χ3n) is 8.17. The van der Waals surface area contributed by atoms with Crippen molar-refractivity contribution in [1.82, 2.24) is 0 Å². The van der Waals surface area contributed by atoms with Crippen molar-refractivity contribution >= 4 is 11.9 Å². The molecule has 0 radical (unpaired) electrons. The van der Waals surface area contributed by atoms with Crippen LogP contribution < -0.4 is 0 Å². The molecule has 6 nitrogen and oxygen atoms in total. The maximum absolute atomic E-state index is 13.0. The molecule has 2 saturated heterocycles. The van der Waals surface area contributed by atoms with Gasteiger partial charge in [-0.15, -0.1) is 0 Å². The van der Waals surface area contributed by atoms with Gasteiger partial charge in [-0.1, -0.05) is 13.8 Å². The number of methoxy groups -OCH3 is 1. The quantitative estimate of drug-likeness (QED) is 0.740. The number of ether oxygens (including phenoxy) is 3. The molecule has 2 saturated carbocycles. The van der Waals surface area contributed by atoms with Crippen LogP contribution >= 0.6 is 0 Å². The minimum atomic E-state index is -0.306. The van der Waals surface area contributed by atoms with E-state index in [0.717, 1.165) is 24.8 Å². The second kappa shape index (κ2) is 5.60. The summed E-state index contributed by atoms with van der Waals surface area (Å²) < 4.78 is 22.5. The van der Waals surface area contributed by atoms with Crippen molar-refractivity contribution in [1.29, 1.82) is 0 Å². The molecule has 27 heavy (non-hydrogen) atoms. The lowest BCUT2D eigenvalue weighted by Gasteiger charge is -2.61. The smallest absolute Gasteiger partial charge is 0.312 e. The predicted octanol–water partition coefficient (Wildman–Crippen LogP) is 3.27. The van der Waals surface area contributed by atoms with Gasteiger partial charge in [0, 0.05) is 18.1 Å². The zero-order valence-corrected chi connectivity index (χ0v) is 16.0. The van der Waals surface area contributed by atoms with Gasteiger partial charge >= 0.3 is 11.9 Å². The Morgan fingerprint density at radius 3 is 2.67 bits per heavy atom. The maximum Gasteiger partial charge on any atom is 0.312 e. The Balaban J connectivity index is 1.57. The van der Waals surface area contributed by atoms with Crippen molar-refractivity contribution < 1.29 is 28.2 Å². The van der Waals surface area contributed by atoms with Gasteiger partial charge in [0.15, 0.2) is 0 Å². The van der Waals surface area contributed by atoms with E-state index in [2.05, 4.69) is 13.8 Å². The Kier molecular flexibility index (Phi) is 3.58. The summed E-state index contributed by atoms with van der Waals surface area (Å²) in [5, 5.41) is 0. The Morgan fingerprint density at radius 2 is 1.96 bits per heavy atom. The maximum atomic E-state index is 13.0. The van der Waals surface area contributed by atoms with Crippen LogP contribution in [0, 0.1) is 28.6 Å². The standard InChI is InChI=1S/C21H26O6/c1-20-9-14(11-6-7-25-10-11)26-18(22)12(20)8-16-21(2)15(20)5-4-13(24-3)17(21)19(23)27-16/h6-7,10,12-17H,4-5,8-9H2,1-3H3/t12?,13?,14?,15-,16?,17?,20+,21-/m0/s1. The van der Waals surface area contributed by atoms with Crippen molar-refractivity contribution in [2.45, 2.75) is 57.8 Å². The number of furan rings is 1. The van der Waals surface area contributed by atoms with Crippen molar-refractivity contribution in [3.63, 3.8) is 0 Å². The first-order chi connectivity index (χ1) is 12.9. The van der Waals surface area contributed by atoms with Crippen LogP contribution in [0.25, 0.3) is 0 Å². The second-order valence-electron chi connectivity index (χ2n) is 9.15. The first-order valence-electron chi connectivity index (χ1n) is 9.85. The van der Waals surface area contributed by atoms with Crippen molar-refractivity contribution in [3.8, 4) is 0 Å². The fourth-order valence-corrected chi connectivity index (χ4v) is 6.88. The monoisotopic (exact) mass is 374 g/mol. The van der Waals surface area contributed by atoms with E-state index >= 15 is 0 Å². The third-order valence-corrected chi connectivity index (χ3v) is 8.17. The Bertz CT molecular complexity index is 772. The first kappa shape index (κ1) is 17.3. The highest BCUT2D eigenvalue weighted by Crippen LogP contribution is 2.68. The van der Waals surface area contributed by atoms with Crippen molar-refractivity contribution in [2.75, 3.05) is 7.11 Å². The van der Waals surface area contributed by atoms with E-state index in [9.17, 15) is 9.59 Å². The molecule has 3 heterocycles. The van der Waals surface area contributed by atoms with Crippen LogP contribution in [0.3, 0.4) is 0 Å². The molecule has 2 aliphatic heterocycles. The summed E-state index contributed by atoms with van der Waals surface area (Å²) in [6, 6.07) is 1.86. The highest BCUT2D eigenvalue weighted by molar-refractivity contribution is 5.79. The molecule has 4 fully saturated rings. The molecule has 0 N–H and O–H groups in total. The van der Waals surface area contributed by atoms with Crippen LogP contribution in [0.2, 0.25) is 0 Å². The number of fused-ring (bicyclic) bond motifs is 2. The molecular weight excluding hydrogens is 348 g/mol. The molecule has 0 spiro atoms. The van der Waals surface area contributed by atoms with Gasteiger partial charge in [0.2, 0.25) is 0 Å². The summed E-state index contributed by atoms with van der Waals surface area (Å²) in [6.07, 6.45) is 5.65. The van der Waals surface area contributed by atoms with E-state index in [1.54, 1.807) is 19.6 Å². The number of carbonyl (C=O) groups is 2. The van der Waals surface area contributed by atoms with Crippen LogP contribution in [0.1, 0.15) is 51.2 Å². The van der Waals surface area contributed by atoms with Gasteiger partial charge in [-0.05, 0) is 43.1 Å². The van der Waals surface area contributed by atoms with Crippen LogP contribution in [0.4, 0.5) is 0 Å². The summed E-state index contributed by atoms with van der Waals surface area (Å²) in [4.78, 5) is 25.7. The number of cyclic esters (lactones) is 1. The molecule has 6 heteroatoms. The lowest BCUT2D eigenvalue weighted by atomic mass is 9.43. The number of hydrogen-bond donors (Lipinski definition) is 0. The molecule has 0 aromatic carbocycles. The lowest BCUT2D eigenvalue weighted by Crippen LogP contribution is -2.63. The Morgan fingerprint density at radius 1 is 1.15 bits per heavy atom. The molecule has 1 aromatic rings. The molecular formula is C21H26O6. The van der Waals surface area contributed by atoms with E-state index in [-0.39, 0.29) is 58.8 Å². The normalized spacial score (nSPS) is 48.4. The summed E-state index contributed by atoms with van der Waals surface area (Å²) >= 11 is 0. The molecule has 4 aliphatic rings. The van der Waals surface area contributed by atoms with E-state index in [4.69, 9.17) is 18.6 Å². The van der Waals surface area contributed by atoms with Gasteiger partial charge in [-0.25, -0.2) is 0 Å². The summed E-state index contributed by atoms with van der Waals surface area (Å²) in [6.45, 7) is 4.39. The highest BCUT2D eigenvalue weighted by Gasteiger charge is 2.71. The molecule has 1 aromatic heterocycles. The van der Waals surface area contributed by atoms with E-state index in [0.29, 0.717) is 6.42 Å². The summed E-state index contributed by atoms with van der Waals surface area (Å²) in [5.41, 5.74) is 0.351. The van der Waals surface area contributed by atoms with Gasteiger partial charge in [0.25, 0.3) is 0 Å². The average Bonchev–Trinajstić information content (AvgIpc) is 3.24. The van der Waals surface area contributed by atoms with E-state index in [1.807, 2.05) is 6.07 Å². The van der Waals surface area contributed by atoms with Crippen molar-refractivity contribution in [2.24, 2.45) is 28.6 Å². The predicted molar refractivity (Wildman–Crippen MR) is 93.4 cm³/mol. The van der Waals surface area contributed by atoms with Crippen LogP contribution in [-0.2, 0) is 23.8 Å². The number of esters is 2. The second-order valence-corrected chi connectivity index (χ2v) is 9.15. The van der Waals surface area contributed by atoms with Crippen LogP contribution in [0.5, 0.6) is 0 Å². The van der Waals surface area contributed by atoms with Gasteiger partial charge in [-0.2, -0.15) is 0 Å². The molecule has 146 valence electrons. The van der Waals surface area contributed by atoms with Gasteiger partial charge in [-0.3, -0.25) is 9.59 Å². The largest absolute Gasteiger partial charge is 0.472 e. The molecule has 5 rings (SSSR count). The molecule has 8 atom stereocenters. The average molecular weight is 374 g/mol. The Labute approximate surface area is 158 Å². The zero-order valence-electron chi connectivity index (χ0n) is 16.0. The van der Waals surface area contributed by atoms with E-state index < -0.39 is 0 Å². The van der Waals surface area contributed by atoms with Gasteiger partial charge in [0.1, 0.15) is 12.2 Å². The Hall–Kier alpha value is -1.82. The molecule has 0 amide bonds.